The van der Waals surface area contributed by atoms with Gasteiger partial charge in [-0.2, -0.15) is 0 Å². The Kier molecular flexibility index (Phi) is 6.31. The Balaban J connectivity index is 1.76. The van der Waals surface area contributed by atoms with E-state index < -0.39 is 9.85 Å². The molecule has 0 amide bonds. The van der Waals surface area contributed by atoms with E-state index in [0.29, 0.717) is 0 Å². The van der Waals surface area contributed by atoms with E-state index in [1.54, 1.807) is 24.3 Å². The van der Waals surface area contributed by atoms with Crippen molar-refractivity contribution in [2.45, 2.75) is 0 Å². The zero-order valence-corrected chi connectivity index (χ0v) is 16.7. The topological polar surface area (TPSA) is 86.3 Å². The first-order valence-electron chi connectivity index (χ1n) is 8.56. The Bertz CT molecular complexity index is 1020. The van der Waals surface area contributed by atoms with Crippen LogP contribution in [0.15, 0.2) is 71.2 Å². The fraction of sp³-hybridized carbons (Fsp3) is 0. The third kappa shape index (κ3) is 5.70. The highest BCUT2D eigenvalue weighted by Crippen LogP contribution is 2.21. The van der Waals surface area contributed by atoms with Crippen LogP contribution in [0.3, 0.4) is 0 Å². The summed E-state index contributed by atoms with van der Waals surface area (Å²) < 4.78 is 0.909. The third-order valence-electron chi connectivity index (χ3n) is 4.09. The van der Waals surface area contributed by atoms with Gasteiger partial charge < -0.3 is 0 Å². The summed E-state index contributed by atoms with van der Waals surface area (Å²) in [7, 11) is 0. The van der Waals surface area contributed by atoms with Crippen LogP contribution in [-0.2, 0) is 0 Å². The molecule has 0 unspecified atom stereocenters. The zero-order valence-electron chi connectivity index (χ0n) is 15.1. The summed E-state index contributed by atoms with van der Waals surface area (Å²) in [6.07, 6.45) is 7.62. The molecular weight excluding hydrogens is 436 g/mol. The maximum Gasteiger partial charge on any atom is 0.269 e. The summed E-state index contributed by atoms with van der Waals surface area (Å²) in [5.74, 6) is 0. The Morgan fingerprint density at radius 1 is 0.586 bits per heavy atom. The van der Waals surface area contributed by atoms with E-state index in [4.69, 9.17) is 0 Å². The minimum Gasteiger partial charge on any atom is -0.258 e. The molecule has 0 radical (unpaired) electrons. The Morgan fingerprint density at radius 3 is 1.28 bits per heavy atom. The van der Waals surface area contributed by atoms with E-state index in [-0.39, 0.29) is 11.4 Å². The van der Waals surface area contributed by atoms with Gasteiger partial charge in [-0.15, -0.1) is 0 Å². The normalized spacial score (nSPS) is 11.2. The molecule has 0 aliphatic rings. The number of nitro groups is 2. The molecule has 29 heavy (non-hydrogen) atoms. The van der Waals surface area contributed by atoms with Gasteiger partial charge in [0, 0.05) is 28.7 Å². The molecule has 0 atom stereocenters. The summed E-state index contributed by atoms with van der Waals surface area (Å²) >= 11 is 3.50. The number of nitrogens with zero attached hydrogens (tertiary/aromatic N) is 2. The molecule has 0 heterocycles. The zero-order chi connectivity index (χ0) is 20.8. The van der Waals surface area contributed by atoms with Gasteiger partial charge in [-0.3, -0.25) is 20.2 Å². The molecule has 0 fully saturated rings. The van der Waals surface area contributed by atoms with Gasteiger partial charge in [0.2, 0.25) is 0 Å². The average molecular weight is 451 g/mol. The second-order valence-corrected chi connectivity index (χ2v) is 7.10. The third-order valence-corrected chi connectivity index (χ3v) is 4.54. The lowest BCUT2D eigenvalue weighted by molar-refractivity contribution is -0.385. The Labute approximate surface area is 175 Å². The summed E-state index contributed by atoms with van der Waals surface area (Å²) in [6, 6.07) is 18.6. The summed E-state index contributed by atoms with van der Waals surface area (Å²) in [6.45, 7) is 0. The number of hydrogen-bond donors (Lipinski definition) is 0. The summed E-state index contributed by atoms with van der Waals surface area (Å²) in [5, 5.41) is 21.4. The largest absolute Gasteiger partial charge is 0.269 e. The number of nitro benzene ring substituents is 2. The van der Waals surface area contributed by atoms with Gasteiger partial charge in [-0.1, -0.05) is 40.2 Å². The summed E-state index contributed by atoms with van der Waals surface area (Å²) in [4.78, 5) is 20.6. The molecule has 0 saturated heterocycles. The molecule has 0 saturated carbocycles. The molecule has 0 aromatic heterocycles. The monoisotopic (exact) mass is 450 g/mol. The van der Waals surface area contributed by atoms with Crippen LogP contribution in [0.2, 0.25) is 0 Å². The standard InChI is InChI=1S/C22H15BrN2O4/c23-20-14-18(3-1-16-5-9-21(10-6-16)24(26)27)13-19(15-20)4-2-17-7-11-22(12-8-17)25(28)29/h1-15H/b3-1+,4-2+. The van der Waals surface area contributed by atoms with E-state index in [0.717, 1.165) is 26.7 Å². The lowest BCUT2D eigenvalue weighted by Crippen LogP contribution is -1.86. The fourth-order valence-corrected chi connectivity index (χ4v) is 3.16. The molecule has 0 spiro atoms. The van der Waals surface area contributed by atoms with Crippen molar-refractivity contribution in [2.75, 3.05) is 0 Å². The highest BCUT2D eigenvalue weighted by Gasteiger charge is 2.03. The van der Waals surface area contributed by atoms with Gasteiger partial charge in [0.15, 0.2) is 0 Å². The van der Waals surface area contributed by atoms with E-state index in [9.17, 15) is 20.2 Å². The van der Waals surface area contributed by atoms with Crippen molar-refractivity contribution >= 4 is 51.6 Å². The predicted molar refractivity (Wildman–Crippen MR) is 118 cm³/mol. The quantitative estimate of drug-likeness (QED) is 0.240. The van der Waals surface area contributed by atoms with Crippen molar-refractivity contribution in [3.63, 3.8) is 0 Å². The number of benzene rings is 3. The molecule has 3 aromatic carbocycles. The molecule has 0 N–H and O–H groups in total. The molecular formula is C22H15BrN2O4. The van der Waals surface area contributed by atoms with Crippen LogP contribution in [0.1, 0.15) is 22.3 Å². The molecule has 7 heteroatoms. The lowest BCUT2D eigenvalue weighted by atomic mass is 10.1. The predicted octanol–water partition coefficient (Wildman–Crippen LogP) is 6.61. The SMILES string of the molecule is O=[N+]([O-])c1ccc(/C=C/c2cc(Br)cc(/C=C/c3ccc([N+](=O)[O-])cc3)c2)cc1. The smallest absolute Gasteiger partial charge is 0.258 e. The number of hydrogen-bond acceptors (Lipinski definition) is 4. The van der Waals surface area contributed by atoms with Crippen molar-refractivity contribution in [1.82, 2.24) is 0 Å². The maximum absolute atomic E-state index is 10.7. The minimum atomic E-state index is -0.425. The first kappa shape index (κ1) is 20.2. The van der Waals surface area contributed by atoms with Crippen molar-refractivity contribution in [1.29, 1.82) is 0 Å². The van der Waals surface area contributed by atoms with Crippen LogP contribution in [0.5, 0.6) is 0 Å². The molecule has 0 aliphatic heterocycles. The van der Waals surface area contributed by atoms with Crippen LogP contribution in [0.4, 0.5) is 11.4 Å². The first-order valence-corrected chi connectivity index (χ1v) is 9.36. The average Bonchev–Trinajstić information content (AvgIpc) is 2.71. The second kappa shape index (κ2) is 9.07. The Morgan fingerprint density at radius 2 is 0.931 bits per heavy atom. The minimum absolute atomic E-state index is 0.0586. The second-order valence-electron chi connectivity index (χ2n) is 6.18. The van der Waals surface area contributed by atoms with Crippen LogP contribution in [-0.4, -0.2) is 9.85 Å². The van der Waals surface area contributed by atoms with Gasteiger partial charge in [0.25, 0.3) is 11.4 Å². The van der Waals surface area contributed by atoms with E-state index >= 15 is 0 Å². The molecule has 3 rings (SSSR count). The van der Waals surface area contributed by atoms with Crippen LogP contribution < -0.4 is 0 Å². The van der Waals surface area contributed by atoms with Crippen molar-refractivity contribution in [3.8, 4) is 0 Å². The van der Waals surface area contributed by atoms with Gasteiger partial charge >= 0.3 is 0 Å². The van der Waals surface area contributed by atoms with Crippen molar-refractivity contribution in [3.05, 3.63) is 114 Å². The summed E-state index contributed by atoms with van der Waals surface area (Å²) in [5.41, 5.74) is 3.76. The highest BCUT2D eigenvalue weighted by molar-refractivity contribution is 9.10. The van der Waals surface area contributed by atoms with Gasteiger partial charge in [-0.05, 0) is 64.7 Å². The van der Waals surface area contributed by atoms with E-state index in [2.05, 4.69) is 15.9 Å². The van der Waals surface area contributed by atoms with Gasteiger partial charge in [0.05, 0.1) is 9.85 Å². The van der Waals surface area contributed by atoms with Crippen molar-refractivity contribution in [2.24, 2.45) is 0 Å². The van der Waals surface area contributed by atoms with Crippen molar-refractivity contribution < 1.29 is 9.85 Å². The first-order chi connectivity index (χ1) is 13.9. The number of halogens is 1. The van der Waals surface area contributed by atoms with Crippen LogP contribution >= 0.6 is 15.9 Å². The number of rotatable bonds is 6. The lowest BCUT2D eigenvalue weighted by Gasteiger charge is -2.01. The fourth-order valence-electron chi connectivity index (χ4n) is 2.63. The van der Waals surface area contributed by atoms with E-state index in [1.165, 1.54) is 24.3 Å². The molecule has 0 aliphatic carbocycles. The molecule has 144 valence electrons. The molecule has 0 bridgehead atoms. The molecule has 6 nitrogen and oxygen atoms in total. The van der Waals surface area contributed by atoms with E-state index in [1.807, 2.05) is 42.5 Å². The van der Waals surface area contributed by atoms with Crippen LogP contribution in [0.25, 0.3) is 24.3 Å². The number of non-ortho nitro benzene ring substituents is 2. The highest BCUT2D eigenvalue weighted by atomic mass is 79.9. The Hall–Kier alpha value is -3.58. The van der Waals surface area contributed by atoms with Gasteiger partial charge in [-0.25, -0.2) is 0 Å². The molecule has 3 aromatic rings. The van der Waals surface area contributed by atoms with Crippen LogP contribution in [0, 0.1) is 20.2 Å². The maximum atomic E-state index is 10.7. The van der Waals surface area contributed by atoms with Gasteiger partial charge in [0.1, 0.15) is 0 Å².